The van der Waals surface area contributed by atoms with Crippen LogP contribution in [0.5, 0.6) is 0 Å². The normalized spacial score (nSPS) is 44.9. The summed E-state index contributed by atoms with van der Waals surface area (Å²) in [5.74, 6) is 3.61. The molecule has 5 rings (SSSR count). The fraction of sp³-hybridized carbons (Fsp3) is 0.944. The number of hydrogen-bond donors (Lipinski definition) is 0. The number of carbonyl (C=O) groups excluding carboxylic acids is 1. The maximum atomic E-state index is 10.8. The highest BCUT2D eigenvalue weighted by molar-refractivity contribution is 5.53. The number of carbonyl (C=O) groups is 1. The molecule has 5 aliphatic rings. The minimum atomic E-state index is 0.353. The summed E-state index contributed by atoms with van der Waals surface area (Å²) < 4.78 is 0. The second-order valence-corrected chi connectivity index (χ2v) is 8.48. The van der Waals surface area contributed by atoms with Gasteiger partial charge in [0.25, 0.3) is 0 Å². The SMILES string of the molecule is O=CC1CCN(CCC23CC4CC(CC(C4)C2)C3)CC1. The first kappa shape index (κ1) is 13.3. The number of likely N-dealkylation sites (tertiary alicyclic amines) is 1. The van der Waals surface area contributed by atoms with Gasteiger partial charge >= 0.3 is 0 Å². The predicted octanol–water partition coefficient (Wildman–Crippen LogP) is 3.50. The highest BCUT2D eigenvalue weighted by Gasteiger charge is 2.50. The van der Waals surface area contributed by atoms with Crippen molar-refractivity contribution in [3.63, 3.8) is 0 Å². The van der Waals surface area contributed by atoms with Crippen molar-refractivity contribution in [2.45, 2.75) is 57.8 Å². The number of piperidine rings is 1. The Morgan fingerprint density at radius 1 is 0.950 bits per heavy atom. The third-order valence-corrected chi connectivity index (χ3v) is 6.95. The van der Waals surface area contributed by atoms with Gasteiger partial charge in [-0.3, -0.25) is 0 Å². The first-order valence-corrected chi connectivity index (χ1v) is 8.92. The summed E-state index contributed by atoms with van der Waals surface area (Å²) in [6.45, 7) is 3.63. The summed E-state index contributed by atoms with van der Waals surface area (Å²) in [4.78, 5) is 13.5. The topological polar surface area (TPSA) is 20.3 Å². The van der Waals surface area contributed by atoms with Gasteiger partial charge in [-0.2, -0.15) is 0 Å². The molecule has 0 unspecified atom stereocenters. The van der Waals surface area contributed by atoms with Crippen LogP contribution in [-0.4, -0.2) is 30.8 Å². The molecular weight excluding hydrogens is 246 g/mol. The molecule has 2 heteroatoms. The van der Waals surface area contributed by atoms with Gasteiger partial charge in [0.1, 0.15) is 6.29 Å². The van der Waals surface area contributed by atoms with Gasteiger partial charge in [-0.25, -0.2) is 0 Å². The largest absolute Gasteiger partial charge is 0.303 e. The lowest BCUT2D eigenvalue weighted by Gasteiger charge is -2.57. The van der Waals surface area contributed by atoms with Crippen molar-refractivity contribution in [3.05, 3.63) is 0 Å². The monoisotopic (exact) mass is 275 g/mol. The van der Waals surface area contributed by atoms with Crippen LogP contribution >= 0.6 is 0 Å². The molecule has 0 spiro atoms. The molecule has 0 aromatic rings. The Labute approximate surface area is 123 Å². The van der Waals surface area contributed by atoms with Gasteiger partial charge in [0.05, 0.1) is 0 Å². The Balaban J connectivity index is 1.32. The lowest BCUT2D eigenvalue weighted by Crippen LogP contribution is -2.47. The van der Waals surface area contributed by atoms with E-state index in [2.05, 4.69) is 4.90 Å². The van der Waals surface area contributed by atoms with Crippen molar-refractivity contribution < 1.29 is 4.79 Å². The summed E-state index contributed by atoms with van der Waals surface area (Å²) in [7, 11) is 0. The molecule has 1 saturated heterocycles. The molecule has 4 aliphatic carbocycles. The fourth-order valence-electron chi connectivity index (χ4n) is 6.30. The van der Waals surface area contributed by atoms with Gasteiger partial charge < -0.3 is 9.69 Å². The van der Waals surface area contributed by atoms with Crippen molar-refractivity contribution in [1.82, 2.24) is 4.90 Å². The first-order chi connectivity index (χ1) is 9.75. The highest BCUT2D eigenvalue weighted by atomic mass is 16.1. The van der Waals surface area contributed by atoms with Crippen LogP contribution in [0.15, 0.2) is 0 Å². The van der Waals surface area contributed by atoms with Crippen LogP contribution in [0, 0.1) is 29.1 Å². The van der Waals surface area contributed by atoms with Crippen molar-refractivity contribution >= 4 is 6.29 Å². The number of rotatable bonds is 4. The minimum absolute atomic E-state index is 0.353. The number of nitrogens with zero attached hydrogens (tertiary/aromatic N) is 1. The van der Waals surface area contributed by atoms with Crippen LogP contribution < -0.4 is 0 Å². The summed E-state index contributed by atoms with van der Waals surface area (Å²) in [6.07, 6.45) is 14.1. The Morgan fingerprint density at radius 2 is 1.50 bits per heavy atom. The standard InChI is InChI=1S/C18H29NO/c20-13-14-1-4-19(5-2-14)6-3-18-10-15-7-16(11-18)9-17(8-15)12-18/h13-17H,1-12H2. The third-order valence-electron chi connectivity index (χ3n) is 6.95. The average molecular weight is 275 g/mol. The van der Waals surface area contributed by atoms with Gasteiger partial charge in [0, 0.05) is 5.92 Å². The highest BCUT2D eigenvalue weighted by Crippen LogP contribution is 2.61. The van der Waals surface area contributed by atoms with Gasteiger partial charge in [-0.1, -0.05) is 0 Å². The summed E-state index contributed by atoms with van der Waals surface area (Å²) in [6, 6.07) is 0. The van der Waals surface area contributed by atoms with Crippen LogP contribution in [0.2, 0.25) is 0 Å². The quantitative estimate of drug-likeness (QED) is 0.732. The van der Waals surface area contributed by atoms with Crippen LogP contribution in [0.1, 0.15) is 57.8 Å². The lowest BCUT2D eigenvalue weighted by atomic mass is 9.49. The van der Waals surface area contributed by atoms with E-state index in [1.165, 1.54) is 19.3 Å². The molecular formula is C18H29NO. The van der Waals surface area contributed by atoms with Crippen LogP contribution in [0.4, 0.5) is 0 Å². The molecule has 5 fully saturated rings. The second kappa shape index (κ2) is 5.12. The maximum Gasteiger partial charge on any atom is 0.123 e. The molecule has 0 atom stereocenters. The summed E-state index contributed by atoms with van der Waals surface area (Å²) >= 11 is 0. The van der Waals surface area contributed by atoms with E-state index in [-0.39, 0.29) is 0 Å². The molecule has 20 heavy (non-hydrogen) atoms. The Hall–Kier alpha value is -0.370. The molecule has 4 saturated carbocycles. The molecule has 0 radical (unpaired) electrons. The van der Waals surface area contributed by atoms with E-state index in [9.17, 15) is 4.79 Å². The van der Waals surface area contributed by atoms with E-state index in [0.29, 0.717) is 5.92 Å². The Bertz CT molecular complexity index is 334. The van der Waals surface area contributed by atoms with Gasteiger partial charge in [-0.05, 0) is 101 Å². The second-order valence-electron chi connectivity index (χ2n) is 8.48. The minimum Gasteiger partial charge on any atom is -0.303 e. The van der Waals surface area contributed by atoms with E-state index in [1.807, 2.05) is 0 Å². The fourth-order valence-corrected chi connectivity index (χ4v) is 6.30. The van der Waals surface area contributed by atoms with Crippen molar-refractivity contribution in [1.29, 1.82) is 0 Å². The van der Waals surface area contributed by atoms with E-state index in [1.54, 1.807) is 38.5 Å². The van der Waals surface area contributed by atoms with Gasteiger partial charge in [0.2, 0.25) is 0 Å². The zero-order chi connectivity index (χ0) is 13.6. The average Bonchev–Trinajstić information content (AvgIpc) is 2.44. The molecule has 1 heterocycles. The van der Waals surface area contributed by atoms with Crippen LogP contribution in [0.25, 0.3) is 0 Å². The zero-order valence-electron chi connectivity index (χ0n) is 12.7. The van der Waals surface area contributed by atoms with E-state index < -0.39 is 0 Å². The van der Waals surface area contributed by atoms with E-state index in [4.69, 9.17) is 0 Å². The molecule has 1 aliphatic heterocycles. The zero-order valence-corrected chi connectivity index (χ0v) is 12.7. The molecule has 2 nitrogen and oxygen atoms in total. The molecule has 112 valence electrons. The predicted molar refractivity (Wildman–Crippen MR) is 80.5 cm³/mol. The van der Waals surface area contributed by atoms with Gasteiger partial charge in [-0.15, -0.1) is 0 Å². The lowest BCUT2D eigenvalue weighted by molar-refractivity contribution is -0.112. The van der Waals surface area contributed by atoms with Crippen LogP contribution in [-0.2, 0) is 4.79 Å². The van der Waals surface area contributed by atoms with Crippen molar-refractivity contribution in [2.24, 2.45) is 29.1 Å². The van der Waals surface area contributed by atoms with Crippen molar-refractivity contribution in [2.75, 3.05) is 19.6 Å². The van der Waals surface area contributed by atoms with Crippen LogP contribution in [0.3, 0.4) is 0 Å². The Kier molecular flexibility index (Phi) is 3.41. The van der Waals surface area contributed by atoms with Crippen molar-refractivity contribution in [3.8, 4) is 0 Å². The van der Waals surface area contributed by atoms with Gasteiger partial charge in [0.15, 0.2) is 0 Å². The summed E-state index contributed by atoms with van der Waals surface area (Å²) in [5.41, 5.74) is 0.732. The maximum absolute atomic E-state index is 10.8. The Morgan fingerprint density at radius 3 is 2.00 bits per heavy atom. The smallest absolute Gasteiger partial charge is 0.123 e. The number of hydrogen-bond acceptors (Lipinski definition) is 2. The molecule has 4 bridgehead atoms. The summed E-state index contributed by atoms with van der Waals surface area (Å²) in [5, 5.41) is 0. The van der Waals surface area contributed by atoms with E-state index >= 15 is 0 Å². The van der Waals surface area contributed by atoms with E-state index in [0.717, 1.165) is 49.1 Å². The third kappa shape index (κ3) is 2.45. The molecule has 0 aromatic heterocycles. The molecule has 0 aromatic carbocycles. The first-order valence-electron chi connectivity index (χ1n) is 8.92. The molecule has 0 amide bonds. The molecule has 0 N–H and O–H groups in total. The number of aldehydes is 1.